The molecule has 1 amide bonds. The number of hydrogen-bond acceptors (Lipinski definition) is 3. The number of rotatable bonds is 5. The molecule has 0 spiro atoms. The molecule has 1 aliphatic rings. The summed E-state index contributed by atoms with van der Waals surface area (Å²) in [6.07, 6.45) is 6.41. The highest BCUT2D eigenvalue weighted by Crippen LogP contribution is 2.20. The zero-order chi connectivity index (χ0) is 12.8. The molecule has 0 radical (unpaired) electrons. The first-order valence-corrected chi connectivity index (χ1v) is 6.90. The molecule has 0 aromatic rings. The van der Waals surface area contributed by atoms with Crippen molar-refractivity contribution < 1.29 is 4.79 Å². The van der Waals surface area contributed by atoms with Crippen molar-refractivity contribution >= 4 is 5.91 Å². The van der Waals surface area contributed by atoms with Gasteiger partial charge >= 0.3 is 0 Å². The summed E-state index contributed by atoms with van der Waals surface area (Å²) in [6.45, 7) is 6.43. The number of nitrogens with two attached hydrogens (primary N) is 1. The van der Waals surface area contributed by atoms with Crippen molar-refractivity contribution in [1.29, 1.82) is 0 Å². The summed E-state index contributed by atoms with van der Waals surface area (Å²) in [4.78, 5) is 11.9. The van der Waals surface area contributed by atoms with Crippen LogP contribution in [0.5, 0.6) is 0 Å². The maximum atomic E-state index is 11.9. The minimum atomic E-state index is -0.365. The van der Waals surface area contributed by atoms with Gasteiger partial charge in [0.1, 0.15) is 0 Å². The smallest absolute Gasteiger partial charge is 0.251 e. The average molecular weight is 241 g/mol. The van der Waals surface area contributed by atoms with E-state index in [9.17, 15) is 4.79 Å². The molecule has 3 unspecified atom stereocenters. The van der Waals surface area contributed by atoms with Crippen LogP contribution in [0.15, 0.2) is 0 Å². The SMILES string of the molecule is CCCCC(N)C(=O)NN1C(C)CCCC1C. The lowest BCUT2D eigenvalue weighted by molar-refractivity contribution is -0.130. The first-order chi connectivity index (χ1) is 8.06. The van der Waals surface area contributed by atoms with Crippen molar-refractivity contribution in [2.24, 2.45) is 5.73 Å². The Labute approximate surface area is 105 Å². The lowest BCUT2D eigenvalue weighted by Crippen LogP contribution is -2.57. The van der Waals surface area contributed by atoms with Crippen LogP contribution in [-0.4, -0.2) is 29.0 Å². The van der Waals surface area contributed by atoms with E-state index in [1.165, 1.54) is 6.42 Å². The summed E-state index contributed by atoms with van der Waals surface area (Å²) in [6, 6.07) is 0.471. The molecule has 1 fully saturated rings. The minimum Gasteiger partial charge on any atom is -0.320 e. The van der Waals surface area contributed by atoms with Crippen LogP contribution in [0, 0.1) is 0 Å². The molecule has 1 aliphatic heterocycles. The van der Waals surface area contributed by atoms with Crippen LogP contribution in [0.25, 0.3) is 0 Å². The second-order valence-corrected chi connectivity index (χ2v) is 5.26. The molecule has 4 nitrogen and oxygen atoms in total. The molecule has 1 rings (SSSR count). The summed E-state index contributed by atoms with van der Waals surface area (Å²) < 4.78 is 0. The Balaban J connectivity index is 2.43. The van der Waals surface area contributed by atoms with Crippen molar-refractivity contribution in [3.63, 3.8) is 0 Å². The molecule has 3 atom stereocenters. The molecule has 0 aromatic heterocycles. The predicted molar refractivity (Wildman–Crippen MR) is 70.3 cm³/mol. The van der Waals surface area contributed by atoms with Crippen LogP contribution in [-0.2, 0) is 4.79 Å². The van der Waals surface area contributed by atoms with E-state index in [1.807, 2.05) is 0 Å². The van der Waals surface area contributed by atoms with Gasteiger partial charge in [0.15, 0.2) is 0 Å². The fourth-order valence-corrected chi connectivity index (χ4v) is 2.41. The van der Waals surface area contributed by atoms with Gasteiger partial charge in [-0.1, -0.05) is 26.2 Å². The van der Waals surface area contributed by atoms with Gasteiger partial charge in [0.05, 0.1) is 6.04 Å². The van der Waals surface area contributed by atoms with Crippen molar-refractivity contribution in [1.82, 2.24) is 10.4 Å². The topological polar surface area (TPSA) is 58.4 Å². The van der Waals surface area contributed by atoms with Crippen LogP contribution in [0.3, 0.4) is 0 Å². The number of carbonyl (C=O) groups excluding carboxylic acids is 1. The van der Waals surface area contributed by atoms with Gasteiger partial charge in [-0.15, -0.1) is 0 Å². The molecule has 0 bridgehead atoms. The Kier molecular flexibility index (Phi) is 5.92. The highest BCUT2D eigenvalue weighted by atomic mass is 16.2. The van der Waals surface area contributed by atoms with E-state index in [0.29, 0.717) is 12.1 Å². The Morgan fingerprint density at radius 2 is 2.00 bits per heavy atom. The van der Waals surface area contributed by atoms with Crippen LogP contribution >= 0.6 is 0 Å². The molecule has 0 aromatic carbocycles. The number of piperidine rings is 1. The predicted octanol–water partition coefficient (Wildman–Crippen LogP) is 1.80. The molecule has 1 saturated heterocycles. The number of nitrogens with one attached hydrogen (secondary N) is 1. The van der Waals surface area contributed by atoms with Gasteiger partial charge in [0, 0.05) is 12.1 Å². The fourth-order valence-electron chi connectivity index (χ4n) is 2.41. The number of amides is 1. The molecule has 100 valence electrons. The largest absolute Gasteiger partial charge is 0.320 e. The van der Waals surface area contributed by atoms with Crippen LogP contribution in [0.2, 0.25) is 0 Å². The summed E-state index contributed by atoms with van der Waals surface area (Å²) in [5.74, 6) is -0.0287. The third-order valence-corrected chi connectivity index (χ3v) is 3.64. The molecule has 4 heteroatoms. The Hall–Kier alpha value is -0.610. The van der Waals surface area contributed by atoms with Gasteiger partial charge in [0.2, 0.25) is 0 Å². The quantitative estimate of drug-likeness (QED) is 0.771. The van der Waals surface area contributed by atoms with E-state index in [-0.39, 0.29) is 11.9 Å². The monoisotopic (exact) mass is 241 g/mol. The van der Waals surface area contributed by atoms with E-state index in [1.54, 1.807) is 0 Å². The lowest BCUT2D eigenvalue weighted by Gasteiger charge is -2.39. The second kappa shape index (κ2) is 6.97. The van der Waals surface area contributed by atoms with Crippen molar-refractivity contribution in [3.05, 3.63) is 0 Å². The van der Waals surface area contributed by atoms with E-state index in [4.69, 9.17) is 5.73 Å². The zero-order valence-corrected chi connectivity index (χ0v) is 11.4. The zero-order valence-electron chi connectivity index (χ0n) is 11.4. The van der Waals surface area contributed by atoms with Gasteiger partial charge in [-0.05, 0) is 33.1 Å². The average Bonchev–Trinajstić information content (AvgIpc) is 2.30. The third-order valence-electron chi connectivity index (χ3n) is 3.64. The van der Waals surface area contributed by atoms with Crippen LogP contribution < -0.4 is 11.2 Å². The fraction of sp³-hybridized carbons (Fsp3) is 0.923. The van der Waals surface area contributed by atoms with Crippen molar-refractivity contribution in [2.45, 2.75) is 77.4 Å². The number of unbranched alkanes of at least 4 members (excludes halogenated alkanes) is 1. The molecule has 1 heterocycles. The van der Waals surface area contributed by atoms with Gasteiger partial charge in [0.25, 0.3) is 5.91 Å². The summed E-state index contributed by atoms with van der Waals surface area (Å²) in [5, 5.41) is 2.08. The molecular formula is C13H27N3O. The lowest BCUT2D eigenvalue weighted by atomic mass is 10.00. The Bertz CT molecular complexity index is 235. The molecule has 3 N–H and O–H groups in total. The van der Waals surface area contributed by atoms with E-state index in [0.717, 1.165) is 32.1 Å². The minimum absolute atomic E-state index is 0.0287. The van der Waals surface area contributed by atoms with Gasteiger partial charge in [-0.3, -0.25) is 10.2 Å². The normalized spacial score (nSPS) is 27.8. The maximum Gasteiger partial charge on any atom is 0.251 e. The third kappa shape index (κ3) is 4.28. The maximum absolute atomic E-state index is 11.9. The summed E-state index contributed by atoms with van der Waals surface area (Å²) in [5.41, 5.74) is 8.87. The van der Waals surface area contributed by atoms with Crippen molar-refractivity contribution in [3.8, 4) is 0 Å². The van der Waals surface area contributed by atoms with Gasteiger partial charge in [-0.2, -0.15) is 0 Å². The highest BCUT2D eigenvalue weighted by molar-refractivity contribution is 5.80. The highest BCUT2D eigenvalue weighted by Gasteiger charge is 2.27. The second-order valence-electron chi connectivity index (χ2n) is 5.26. The van der Waals surface area contributed by atoms with E-state index in [2.05, 4.69) is 31.2 Å². The summed E-state index contributed by atoms with van der Waals surface area (Å²) >= 11 is 0. The Morgan fingerprint density at radius 1 is 1.41 bits per heavy atom. The molecule has 0 saturated carbocycles. The van der Waals surface area contributed by atoms with Crippen molar-refractivity contribution in [2.75, 3.05) is 0 Å². The van der Waals surface area contributed by atoms with Gasteiger partial charge < -0.3 is 5.73 Å². The number of hydrazine groups is 1. The standard InChI is InChI=1S/C13H27N3O/c1-4-5-9-12(14)13(17)15-16-10(2)7-6-8-11(16)3/h10-12H,4-9,14H2,1-3H3,(H,15,17). The number of hydrogen-bond donors (Lipinski definition) is 2. The number of carbonyl (C=O) groups is 1. The first kappa shape index (κ1) is 14.5. The number of nitrogens with zero attached hydrogens (tertiary/aromatic N) is 1. The molecule has 0 aliphatic carbocycles. The van der Waals surface area contributed by atoms with Crippen LogP contribution in [0.4, 0.5) is 0 Å². The first-order valence-electron chi connectivity index (χ1n) is 6.90. The molecule has 17 heavy (non-hydrogen) atoms. The van der Waals surface area contributed by atoms with E-state index < -0.39 is 0 Å². The van der Waals surface area contributed by atoms with E-state index >= 15 is 0 Å². The van der Waals surface area contributed by atoms with Gasteiger partial charge in [-0.25, -0.2) is 5.01 Å². The molecular weight excluding hydrogens is 214 g/mol. The Morgan fingerprint density at radius 3 is 2.53 bits per heavy atom. The summed E-state index contributed by atoms with van der Waals surface area (Å²) in [7, 11) is 0. The van der Waals surface area contributed by atoms with Crippen LogP contribution in [0.1, 0.15) is 59.3 Å².